The molecular weight excluding hydrogens is 396 g/mol. The SMILES string of the molecule is CC(=O)Nc1ccc(S(=O)(=O)N(C[C@H]2[C@H](C)CC(C)=C[C@@H]2C)C2CCCCC2)cc1. The largest absolute Gasteiger partial charge is 0.326 e. The zero-order chi connectivity index (χ0) is 21.9. The molecule has 1 amide bonds. The van der Waals surface area contributed by atoms with Gasteiger partial charge in [-0.3, -0.25) is 4.79 Å². The first kappa shape index (κ1) is 23.0. The van der Waals surface area contributed by atoms with Crippen LogP contribution in [0.15, 0.2) is 40.8 Å². The van der Waals surface area contributed by atoms with Crippen molar-refractivity contribution in [1.82, 2.24) is 4.31 Å². The zero-order valence-corrected chi connectivity index (χ0v) is 19.5. The third kappa shape index (κ3) is 5.33. The van der Waals surface area contributed by atoms with Crippen molar-refractivity contribution in [3.8, 4) is 0 Å². The van der Waals surface area contributed by atoms with Gasteiger partial charge >= 0.3 is 0 Å². The van der Waals surface area contributed by atoms with Crippen LogP contribution in [0, 0.1) is 17.8 Å². The molecule has 3 atom stereocenters. The van der Waals surface area contributed by atoms with Gasteiger partial charge < -0.3 is 5.32 Å². The van der Waals surface area contributed by atoms with Crippen LogP contribution >= 0.6 is 0 Å². The maximum Gasteiger partial charge on any atom is 0.243 e. The Hall–Kier alpha value is -1.66. The second kappa shape index (κ2) is 9.65. The number of anilines is 1. The van der Waals surface area contributed by atoms with Crippen LogP contribution in [-0.2, 0) is 14.8 Å². The Kier molecular flexibility index (Phi) is 7.40. The highest BCUT2D eigenvalue weighted by Gasteiger charge is 2.37. The molecule has 0 saturated heterocycles. The number of sulfonamides is 1. The summed E-state index contributed by atoms with van der Waals surface area (Å²) in [5, 5.41) is 2.70. The number of nitrogens with one attached hydrogen (secondary N) is 1. The van der Waals surface area contributed by atoms with E-state index in [9.17, 15) is 13.2 Å². The molecule has 2 aliphatic carbocycles. The van der Waals surface area contributed by atoms with Crippen molar-refractivity contribution < 1.29 is 13.2 Å². The molecule has 0 radical (unpaired) electrons. The summed E-state index contributed by atoms with van der Waals surface area (Å²) in [6, 6.07) is 6.66. The van der Waals surface area contributed by atoms with E-state index >= 15 is 0 Å². The molecule has 2 aliphatic rings. The van der Waals surface area contributed by atoms with E-state index < -0.39 is 10.0 Å². The monoisotopic (exact) mass is 432 g/mol. The summed E-state index contributed by atoms with van der Waals surface area (Å²) in [5.74, 6) is 0.993. The molecule has 3 rings (SSSR count). The minimum absolute atomic E-state index is 0.0742. The molecule has 1 saturated carbocycles. The van der Waals surface area contributed by atoms with Crippen molar-refractivity contribution in [2.24, 2.45) is 17.8 Å². The number of hydrogen-bond donors (Lipinski definition) is 1. The Balaban J connectivity index is 1.90. The number of benzene rings is 1. The van der Waals surface area contributed by atoms with Gasteiger partial charge in [-0.1, -0.05) is 44.8 Å². The highest BCUT2D eigenvalue weighted by atomic mass is 32.2. The molecule has 30 heavy (non-hydrogen) atoms. The van der Waals surface area contributed by atoms with E-state index in [2.05, 4.69) is 32.2 Å². The van der Waals surface area contributed by atoms with Crippen LogP contribution in [-0.4, -0.2) is 31.2 Å². The Morgan fingerprint density at radius 3 is 2.30 bits per heavy atom. The summed E-state index contributed by atoms with van der Waals surface area (Å²) in [4.78, 5) is 11.6. The number of carbonyl (C=O) groups excluding carboxylic acids is 1. The van der Waals surface area contributed by atoms with Crippen molar-refractivity contribution in [2.75, 3.05) is 11.9 Å². The molecule has 166 valence electrons. The van der Waals surface area contributed by atoms with Gasteiger partial charge in [0.05, 0.1) is 4.90 Å². The number of rotatable bonds is 6. The lowest BCUT2D eigenvalue weighted by Gasteiger charge is -2.40. The fraction of sp³-hybridized carbons (Fsp3) is 0.625. The minimum atomic E-state index is -3.61. The van der Waals surface area contributed by atoms with Crippen LogP contribution in [0.1, 0.15) is 66.2 Å². The lowest BCUT2D eigenvalue weighted by molar-refractivity contribution is -0.114. The molecule has 0 spiro atoms. The highest BCUT2D eigenvalue weighted by Crippen LogP contribution is 2.37. The van der Waals surface area contributed by atoms with Gasteiger partial charge in [0.1, 0.15) is 0 Å². The van der Waals surface area contributed by atoms with Crippen LogP contribution in [0.5, 0.6) is 0 Å². The molecule has 1 aromatic carbocycles. The average molecular weight is 433 g/mol. The van der Waals surface area contributed by atoms with E-state index in [0.717, 1.165) is 32.1 Å². The fourth-order valence-corrected chi connectivity index (χ4v) is 6.96. The van der Waals surface area contributed by atoms with E-state index in [1.165, 1.54) is 18.9 Å². The topological polar surface area (TPSA) is 66.5 Å². The van der Waals surface area contributed by atoms with E-state index in [0.29, 0.717) is 34.9 Å². The van der Waals surface area contributed by atoms with Crippen LogP contribution in [0.2, 0.25) is 0 Å². The molecule has 0 aromatic heterocycles. The van der Waals surface area contributed by atoms with E-state index in [1.807, 2.05) is 4.31 Å². The number of nitrogens with zero attached hydrogens (tertiary/aromatic N) is 1. The van der Waals surface area contributed by atoms with Gasteiger partial charge in [0, 0.05) is 25.2 Å². The fourth-order valence-electron chi connectivity index (χ4n) is 5.23. The van der Waals surface area contributed by atoms with Crippen LogP contribution in [0.4, 0.5) is 5.69 Å². The summed E-state index contributed by atoms with van der Waals surface area (Å²) in [7, 11) is -3.61. The number of allylic oxidation sites excluding steroid dienone is 2. The highest BCUT2D eigenvalue weighted by molar-refractivity contribution is 7.89. The Labute approximate surface area is 182 Å². The molecule has 0 bridgehead atoms. The van der Waals surface area contributed by atoms with Crippen molar-refractivity contribution in [3.63, 3.8) is 0 Å². The zero-order valence-electron chi connectivity index (χ0n) is 18.7. The number of hydrogen-bond acceptors (Lipinski definition) is 3. The first-order chi connectivity index (χ1) is 14.2. The molecular formula is C24H36N2O3S. The molecule has 1 N–H and O–H groups in total. The van der Waals surface area contributed by atoms with Crippen molar-refractivity contribution in [2.45, 2.75) is 77.2 Å². The second-order valence-electron chi connectivity index (χ2n) is 9.29. The maximum atomic E-state index is 13.7. The van der Waals surface area contributed by atoms with Gasteiger partial charge in [-0.2, -0.15) is 4.31 Å². The van der Waals surface area contributed by atoms with Gasteiger partial charge in [-0.25, -0.2) is 8.42 Å². The third-order valence-corrected chi connectivity index (χ3v) is 8.68. The quantitative estimate of drug-likeness (QED) is 0.628. The maximum absolute atomic E-state index is 13.7. The Morgan fingerprint density at radius 2 is 1.73 bits per heavy atom. The molecule has 0 unspecified atom stereocenters. The van der Waals surface area contributed by atoms with Gasteiger partial charge in [0.25, 0.3) is 0 Å². The first-order valence-electron chi connectivity index (χ1n) is 11.2. The normalized spacial score (nSPS) is 25.8. The summed E-state index contributed by atoms with van der Waals surface area (Å²) in [6.45, 7) is 8.67. The predicted molar refractivity (Wildman–Crippen MR) is 122 cm³/mol. The number of carbonyl (C=O) groups is 1. The molecule has 0 heterocycles. The predicted octanol–water partition coefficient (Wildman–Crippen LogP) is 5.21. The summed E-state index contributed by atoms with van der Waals surface area (Å²) in [5.41, 5.74) is 2.02. The van der Waals surface area contributed by atoms with Gasteiger partial charge in [-0.05, 0) is 68.2 Å². The molecule has 0 aliphatic heterocycles. The van der Waals surface area contributed by atoms with Gasteiger partial charge in [0.2, 0.25) is 15.9 Å². The molecule has 1 aromatic rings. The molecule has 1 fully saturated rings. The van der Waals surface area contributed by atoms with Gasteiger partial charge in [0.15, 0.2) is 0 Å². The van der Waals surface area contributed by atoms with Crippen LogP contribution in [0.3, 0.4) is 0 Å². The van der Waals surface area contributed by atoms with Gasteiger partial charge in [-0.15, -0.1) is 0 Å². The van der Waals surface area contributed by atoms with E-state index in [4.69, 9.17) is 0 Å². The van der Waals surface area contributed by atoms with Crippen molar-refractivity contribution in [3.05, 3.63) is 35.9 Å². The van der Waals surface area contributed by atoms with Crippen molar-refractivity contribution >= 4 is 21.6 Å². The lowest BCUT2D eigenvalue weighted by Crippen LogP contribution is -2.46. The minimum Gasteiger partial charge on any atom is -0.326 e. The first-order valence-corrected chi connectivity index (χ1v) is 12.7. The van der Waals surface area contributed by atoms with Crippen LogP contribution in [0.25, 0.3) is 0 Å². The smallest absolute Gasteiger partial charge is 0.243 e. The third-order valence-electron chi connectivity index (χ3n) is 6.75. The second-order valence-corrected chi connectivity index (χ2v) is 11.2. The Morgan fingerprint density at radius 1 is 1.10 bits per heavy atom. The van der Waals surface area contributed by atoms with Crippen LogP contribution < -0.4 is 5.32 Å². The standard InChI is InChI=1S/C24H36N2O3S/c1-17-14-18(2)24(19(3)15-17)16-26(22-8-6-5-7-9-22)30(28,29)23-12-10-21(11-13-23)25-20(4)27/h10-14,18-19,22,24H,5-9,15-16H2,1-4H3,(H,25,27)/t18-,19+,24+/m0/s1. The van der Waals surface area contributed by atoms with E-state index in [-0.39, 0.29) is 11.9 Å². The van der Waals surface area contributed by atoms with E-state index in [1.54, 1.807) is 24.3 Å². The average Bonchev–Trinajstić information content (AvgIpc) is 2.68. The molecule has 6 heteroatoms. The summed E-state index contributed by atoms with van der Waals surface area (Å²) < 4.78 is 29.3. The summed E-state index contributed by atoms with van der Waals surface area (Å²) in [6.07, 6.45) is 8.60. The summed E-state index contributed by atoms with van der Waals surface area (Å²) >= 11 is 0. The Bertz CT molecular complexity index is 870. The lowest BCUT2D eigenvalue weighted by atomic mass is 9.75. The molecule has 5 nitrogen and oxygen atoms in total. The van der Waals surface area contributed by atoms with Crippen molar-refractivity contribution in [1.29, 1.82) is 0 Å². The number of amides is 1.